The lowest BCUT2D eigenvalue weighted by atomic mass is 9.87. The number of hydrogen-bond acceptors (Lipinski definition) is 3. The fourth-order valence-electron chi connectivity index (χ4n) is 4.57. The number of nitrogens with one attached hydrogen (secondary N) is 1. The summed E-state index contributed by atoms with van der Waals surface area (Å²) in [5.74, 6) is 0.385. The lowest BCUT2D eigenvalue weighted by molar-refractivity contribution is -0.142. The predicted octanol–water partition coefficient (Wildman–Crippen LogP) is 6.03. The van der Waals surface area contributed by atoms with Gasteiger partial charge < -0.3 is 15.0 Å². The molecule has 0 aliphatic heterocycles. The standard InChI is InChI=1S/C29H39BrN2O3/c1-5-25(28(34)31-23-13-9-10-14-23)32(18-17-21-11-7-6-8-12-21)27(33)20-35-26-16-15-22(19-24(26)30)29(2,3)4/h6-8,11-12,15-16,19,23,25H,5,9-10,13-14,17-18,20H2,1-4H3,(H,31,34)/t25-/m0/s1. The van der Waals surface area contributed by atoms with Gasteiger partial charge in [0.05, 0.1) is 4.47 Å². The van der Waals surface area contributed by atoms with Crippen LogP contribution in [0.1, 0.15) is 70.9 Å². The zero-order valence-electron chi connectivity index (χ0n) is 21.5. The molecule has 6 heteroatoms. The molecule has 1 saturated carbocycles. The van der Waals surface area contributed by atoms with Gasteiger partial charge in [-0.2, -0.15) is 0 Å². The van der Waals surface area contributed by atoms with Gasteiger partial charge in [0, 0.05) is 12.6 Å². The maximum atomic E-state index is 13.4. The first-order chi connectivity index (χ1) is 16.7. The summed E-state index contributed by atoms with van der Waals surface area (Å²) in [6.07, 6.45) is 5.57. The highest BCUT2D eigenvalue weighted by Crippen LogP contribution is 2.31. The largest absolute Gasteiger partial charge is 0.483 e. The maximum Gasteiger partial charge on any atom is 0.261 e. The van der Waals surface area contributed by atoms with Gasteiger partial charge in [0.25, 0.3) is 5.91 Å². The molecule has 1 atom stereocenters. The van der Waals surface area contributed by atoms with Crippen molar-refractivity contribution in [3.63, 3.8) is 0 Å². The average molecular weight is 544 g/mol. The van der Waals surface area contributed by atoms with Crippen molar-refractivity contribution in [2.45, 2.75) is 83.7 Å². The average Bonchev–Trinajstić information content (AvgIpc) is 3.33. The number of hydrogen-bond donors (Lipinski definition) is 1. The van der Waals surface area contributed by atoms with E-state index in [0.717, 1.165) is 35.7 Å². The van der Waals surface area contributed by atoms with Gasteiger partial charge >= 0.3 is 0 Å². The quantitative estimate of drug-likeness (QED) is 0.398. The maximum absolute atomic E-state index is 13.4. The molecule has 5 nitrogen and oxygen atoms in total. The van der Waals surface area contributed by atoms with Crippen molar-refractivity contribution in [3.8, 4) is 5.75 Å². The van der Waals surface area contributed by atoms with Crippen LogP contribution in [-0.4, -0.2) is 41.9 Å². The van der Waals surface area contributed by atoms with Gasteiger partial charge in [-0.1, -0.05) is 76.9 Å². The molecule has 1 fully saturated rings. The number of benzene rings is 2. The summed E-state index contributed by atoms with van der Waals surface area (Å²) in [6, 6.07) is 15.7. The number of ether oxygens (including phenoxy) is 1. The van der Waals surface area contributed by atoms with E-state index in [-0.39, 0.29) is 29.9 Å². The van der Waals surface area contributed by atoms with Crippen molar-refractivity contribution in [2.24, 2.45) is 0 Å². The summed E-state index contributed by atoms with van der Waals surface area (Å²) in [6.45, 7) is 8.79. The van der Waals surface area contributed by atoms with Crippen LogP contribution in [0.4, 0.5) is 0 Å². The predicted molar refractivity (Wildman–Crippen MR) is 145 cm³/mol. The molecule has 35 heavy (non-hydrogen) atoms. The molecule has 0 radical (unpaired) electrons. The molecule has 0 aromatic heterocycles. The van der Waals surface area contributed by atoms with Crippen LogP contribution in [0, 0.1) is 0 Å². The molecular formula is C29H39BrN2O3. The Hall–Kier alpha value is -2.34. The monoisotopic (exact) mass is 542 g/mol. The SMILES string of the molecule is CC[C@@H](C(=O)NC1CCCC1)N(CCc1ccccc1)C(=O)COc1ccc(C(C)(C)C)cc1Br. The molecule has 1 N–H and O–H groups in total. The summed E-state index contributed by atoms with van der Waals surface area (Å²) in [5, 5.41) is 3.19. The van der Waals surface area contributed by atoms with Gasteiger partial charge in [0.2, 0.25) is 5.91 Å². The molecular weight excluding hydrogens is 504 g/mol. The van der Waals surface area contributed by atoms with Gasteiger partial charge in [-0.05, 0) is 70.3 Å². The van der Waals surface area contributed by atoms with E-state index in [2.05, 4.69) is 42.0 Å². The molecule has 190 valence electrons. The van der Waals surface area contributed by atoms with E-state index in [1.807, 2.05) is 55.5 Å². The molecule has 0 bridgehead atoms. The van der Waals surface area contributed by atoms with E-state index in [4.69, 9.17) is 4.74 Å². The van der Waals surface area contributed by atoms with E-state index in [9.17, 15) is 9.59 Å². The number of halogens is 1. The third kappa shape index (κ3) is 7.83. The minimum Gasteiger partial charge on any atom is -0.483 e. The number of carbonyl (C=O) groups is 2. The minimum atomic E-state index is -0.512. The van der Waals surface area contributed by atoms with Gasteiger partial charge in [0.1, 0.15) is 11.8 Å². The lowest BCUT2D eigenvalue weighted by Gasteiger charge is -2.31. The Morgan fingerprint density at radius 1 is 1.11 bits per heavy atom. The van der Waals surface area contributed by atoms with Crippen molar-refractivity contribution in [1.29, 1.82) is 0 Å². The molecule has 2 aromatic carbocycles. The fourth-order valence-corrected chi connectivity index (χ4v) is 5.06. The Balaban J connectivity index is 1.72. The van der Waals surface area contributed by atoms with E-state index in [0.29, 0.717) is 25.1 Å². The number of carbonyl (C=O) groups excluding carboxylic acids is 2. The Morgan fingerprint density at radius 2 is 1.80 bits per heavy atom. The number of amides is 2. The molecule has 3 rings (SSSR count). The van der Waals surface area contributed by atoms with Crippen molar-refractivity contribution in [1.82, 2.24) is 10.2 Å². The van der Waals surface area contributed by atoms with Gasteiger partial charge in [-0.25, -0.2) is 0 Å². The third-order valence-corrected chi connectivity index (χ3v) is 7.34. The smallest absolute Gasteiger partial charge is 0.261 e. The normalized spacial score (nSPS) is 15.0. The van der Waals surface area contributed by atoms with Crippen LogP contribution in [-0.2, 0) is 21.4 Å². The molecule has 0 unspecified atom stereocenters. The Kier molecular flexibility index (Phi) is 9.79. The van der Waals surface area contributed by atoms with Crippen molar-refractivity contribution in [2.75, 3.05) is 13.2 Å². The van der Waals surface area contributed by atoms with E-state index in [1.165, 1.54) is 5.56 Å². The second kappa shape index (κ2) is 12.6. The van der Waals surface area contributed by atoms with Gasteiger partial charge in [-0.3, -0.25) is 9.59 Å². The van der Waals surface area contributed by atoms with Gasteiger partial charge in [-0.15, -0.1) is 0 Å². The Labute approximate surface area is 218 Å². The van der Waals surface area contributed by atoms with Crippen molar-refractivity contribution >= 4 is 27.7 Å². The highest BCUT2D eigenvalue weighted by molar-refractivity contribution is 9.10. The number of rotatable bonds is 10. The van der Waals surface area contributed by atoms with E-state index >= 15 is 0 Å². The third-order valence-electron chi connectivity index (χ3n) is 6.72. The summed E-state index contributed by atoms with van der Waals surface area (Å²) < 4.78 is 6.76. The van der Waals surface area contributed by atoms with Gasteiger partial charge in [0.15, 0.2) is 6.61 Å². The highest BCUT2D eigenvalue weighted by Gasteiger charge is 2.30. The van der Waals surface area contributed by atoms with Crippen LogP contribution >= 0.6 is 15.9 Å². The summed E-state index contributed by atoms with van der Waals surface area (Å²) in [7, 11) is 0. The second-order valence-electron chi connectivity index (χ2n) is 10.4. The van der Waals surface area contributed by atoms with Crippen LogP contribution in [0.5, 0.6) is 5.75 Å². The lowest BCUT2D eigenvalue weighted by Crippen LogP contribution is -2.53. The number of nitrogens with zero attached hydrogens (tertiary/aromatic N) is 1. The first-order valence-corrected chi connectivity index (χ1v) is 13.5. The van der Waals surface area contributed by atoms with Crippen LogP contribution in [0.2, 0.25) is 0 Å². The van der Waals surface area contributed by atoms with E-state index in [1.54, 1.807) is 4.90 Å². The molecule has 1 aliphatic rings. The molecule has 0 heterocycles. The zero-order chi connectivity index (χ0) is 25.4. The van der Waals surface area contributed by atoms with Crippen LogP contribution in [0.3, 0.4) is 0 Å². The minimum absolute atomic E-state index is 0.0200. The van der Waals surface area contributed by atoms with Crippen LogP contribution in [0.25, 0.3) is 0 Å². The molecule has 0 spiro atoms. The molecule has 1 aliphatic carbocycles. The summed E-state index contributed by atoms with van der Waals surface area (Å²) >= 11 is 3.59. The first kappa shape index (κ1) is 27.3. The first-order valence-electron chi connectivity index (χ1n) is 12.8. The van der Waals surface area contributed by atoms with Crippen LogP contribution < -0.4 is 10.1 Å². The van der Waals surface area contributed by atoms with Crippen molar-refractivity contribution < 1.29 is 14.3 Å². The summed E-state index contributed by atoms with van der Waals surface area (Å²) in [4.78, 5) is 28.3. The molecule has 2 aromatic rings. The second-order valence-corrected chi connectivity index (χ2v) is 11.3. The topological polar surface area (TPSA) is 58.6 Å². The Bertz CT molecular complexity index is 981. The van der Waals surface area contributed by atoms with Crippen molar-refractivity contribution in [3.05, 3.63) is 64.1 Å². The fraction of sp³-hybridized carbons (Fsp3) is 0.517. The Morgan fingerprint density at radius 3 is 2.40 bits per heavy atom. The molecule has 0 saturated heterocycles. The van der Waals surface area contributed by atoms with E-state index < -0.39 is 6.04 Å². The highest BCUT2D eigenvalue weighted by atomic mass is 79.9. The zero-order valence-corrected chi connectivity index (χ0v) is 23.1. The summed E-state index contributed by atoms with van der Waals surface area (Å²) in [5.41, 5.74) is 2.34. The van der Waals surface area contributed by atoms with Crippen LogP contribution in [0.15, 0.2) is 53.0 Å². The molecule has 2 amide bonds.